The lowest BCUT2D eigenvalue weighted by atomic mass is 9.73. The number of rotatable bonds is 3. The summed E-state index contributed by atoms with van der Waals surface area (Å²) in [5.41, 5.74) is 8.81. The highest BCUT2D eigenvalue weighted by Crippen LogP contribution is 2.42. The van der Waals surface area contributed by atoms with E-state index >= 15 is 0 Å². The topological polar surface area (TPSA) is 102 Å². The summed E-state index contributed by atoms with van der Waals surface area (Å²) >= 11 is 12.7. The number of hydrogen-bond acceptors (Lipinski definition) is 7. The minimum atomic E-state index is -0.261. The lowest BCUT2D eigenvalue weighted by Gasteiger charge is -2.41. The second kappa shape index (κ2) is 7.86. The zero-order valence-electron chi connectivity index (χ0n) is 17.1. The van der Waals surface area contributed by atoms with E-state index in [4.69, 9.17) is 38.7 Å². The molecule has 4 heterocycles. The Morgan fingerprint density at radius 3 is 2.74 bits per heavy atom. The molecule has 10 heteroatoms. The SMILES string of the molecule is CC1OCC2(CCN(c3nc(CO)c(-c4cccc(Cl)c4Cl)c4ncnn34)CC2)C1N. The zero-order chi connectivity index (χ0) is 21.8. The molecule has 0 amide bonds. The van der Waals surface area contributed by atoms with Crippen LogP contribution in [0.2, 0.25) is 10.0 Å². The number of piperidine rings is 1. The maximum atomic E-state index is 10.1. The number of ether oxygens (including phenoxy) is 1. The van der Waals surface area contributed by atoms with Gasteiger partial charge in [-0.05, 0) is 25.8 Å². The van der Waals surface area contributed by atoms with Crippen LogP contribution >= 0.6 is 23.2 Å². The van der Waals surface area contributed by atoms with E-state index in [0.717, 1.165) is 25.9 Å². The Hall–Kier alpha value is -1.97. The van der Waals surface area contributed by atoms with Gasteiger partial charge < -0.3 is 20.5 Å². The molecule has 1 aromatic carbocycles. The van der Waals surface area contributed by atoms with Gasteiger partial charge >= 0.3 is 0 Å². The average Bonchev–Trinajstić information content (AvgIpc) is 3.37. The highest BCUT2D eigenvalue weighted by atomic mass is 35.5. The summed E-state index contributed by atoms with van der Waals surface area (Å²) in [7, 11) is 0. The summed E-state index contributed by atoms with van der Waals surface area (Å²) in [5.74, 6) is 0.647. The van der Waals surface area contributed by atoms with Crippen LogP contribution in [0.25, 0.3) is 16.8 Å². The number of nitrogens with zero attached hydrogens (tertiary/aromatic N) is 5. The Bertz CT molecular complexity index is 1130. The summed E-state index contributed by atoms with van der Waals surface area (Å²) in [4.78, 5) is 11.4. The molecule has 2 fully saturated rings. The Morgan fingerprint density at radius 1 is 1.29 bits per heavy atom. The number of nitrogens with two attached hydrogens (primary N) is 1. The van der Waals surface area contributed by atoms with E-state index < -0.39 is 0 Å². The first-order valence-corrected chi connectivity index (χ1v) is 11.1. The first-order chi connectivity index (χ1) is 14.9. The maximum absolute atomic E-state index is 10.1. The number of hydrogen-bond donors (Lipinski definition) is 2. The van der Waals surface area contributed by atoms with Crippen molar-refractivity contribution >= 4 is 34.8 Å². The third kappa shape index (κ3) is 3.29. The highest BCUT2D eigenvalue weighted by molar-refractivity contribution is 6.43. The van der Waals surface area contributed by atoms with Crippen molar-refractivity contribution in [3.05, 3.63) is 40.3 Å². The van der Waals surface area contributed by atoms with Gasteiger partial charge in [0.25, 0.3) is 0 Å². The molecule has 2 atom stereocenters. The molecule has 5 rings (SSSR count). The van der Waals surface area contributed by atoms with Crippen molar-refractivity contribution < 1.29 is 9.84 Å². The molecule has 0 radical (unpaired) electrons. The quantitative estimate of drug-likeness (QED) is 0.616. The van der Waals surface area contributed by atoms with E-state index in [0.29, 0.717) is 45.1 Å². The average molecular weight is 463 g/mol. The Labute approximate surface area is 189 Å². The van der Waals surface area contributed by atoms with E-state index in [1.54, 1.807) is 10.6 Å². The third-order valence-corrected chi connectivity index (χ3v) is 7.56. The van der Waals surface area contributed by atoms with Crippen molar-refractivity contribution in [1.82, 2.24) is 19.6 Å². The Kier molecular flexibility index (Phi) is 5.30. The molecule has 31 heavy (non-hydrogen) atoms. The second-order valence-corrected chi connectivity index (χ2v) is 9.16. The van der Waals surface area contributed by atoms with Crippen LogP contribution in [0.3, 0.4) is 0 Å². The minimum absolute atomic E-state index is 0.00542. The molecule has 2 saturated heterocycles. The summed E-state index contributed by atoms with van der Waals surface area (Å²) in [6, 6.07) is 5.40. The van der Waals surface area contributed by atoms with Crippen molar-refractivity contribution in [2.24, 2.45) is 11.1 Å². The monoisotopic (exact) mass is 462 g/mol. The number of halogens is 2. The molecule has 2 aliphatic rings. The number of fused-ring (bicyclic) bond motifs is 1. The molecule has 2 unspecified atom stereocenters. The summed E-state index contributed by atoms with van der Waals surface area (Å²) in [6.45, 7) is 4.02. The molecule has 0 saturated carbocycles. The molecule has 3 N–H and O–H groups in total. The minimum Gasteiger partial charge on any atom is -0.390 e. The van der Waals surface area contributed by atoms with Crippen LogP contribution in [0.4, 0.5) is 5.95 Å². The van der Waals surface area contributed by atoms with Gasteiger partial charge in [0.15, 0.2) is 5.65 Å². The molecule has 3 aromatic rings. The number of aliphatic hydroxyl groups excluding tert-OH is 1. The van der Waals surface area contributed by atoms with Gasteiger partial charge in [-0.1, -0.05) is 35.3 Å². The van der Waals surface area contributed by atoms with Gasteiger partial charge in [-0.2, -0.15) is 9.61 Å². The summed E-state index contributed by atoms with van der Waals surface area (Å²) < 4.78 is 7.54. The smallest absolute Gasteiger partial charge is 0.228 e. The molecule has 164 valence electrons. The molecule has 1 spiro atoms. The van der Waals surface area contributed by atoms with Crippen LogP contribution in [-0.2, 0) is 11.3 Å². The van der Waals surface area contributed by atoms with Crippen LogP contribution in [-0.4, -0.2) is 56.5 Å². The fraction of sp³-hybridized carbons (Fsp3) is 0.476. The van der Waals surface area contributed by atoms with E-state index in [-0.39, 0.29) is 24.2 Å². The van der Waals surface area contributed by atoms with Gasteiger partial charge in [0.1, 0.15) is 6.33 Å². The van der Waals surface area contributed by atoms with Gasteiger partial charge in [-0.25, -0.2) is 9.97 Å². The predicted octanol–water partition coefficient (Wildman–Crippen LogP) is 2.92. The van der Waals surface area contributed by atoms with Crippen LogP contribution in [0, 0.1) is 5.41 Å². The first-order valence-electron chi connectivity index (χ1n) is 10.3. The second-order valence-electron chi connectivity index (χ2n) is 8.38. The maximum Gasteiger partial charge on any atom is 0.228 e. The van der Waals surface area contributed by atoms with E-state index in [2.05, 4.69) is 15.0 Å². The van der Waals surface area contributed by atoms with E-state index in [1.807, 2.05) is 19.1 Å². The molecule has 0 bridgehead atoms. The number of benzene rings is 1. The molecular weight excluding hydrogens is 439 g/mol. The van der Waals surface area contributed by atoms with Crippen LogP contribution < -0.4 is 10.6 Å². The lowest BCUT2D eigenvalue weighted by molar-refractivity contribution is 0.0973. The standard InChI is InChI=1S/C21H24Cl2N6O2/c1-12-18(24)21(10-31-12)5-7-28(8-6-21)20-27-15(9-30)16(19-25-11-26-29(19)20)13-3-2-4-14(22)17(13)23/h2-4,11-12,18,30H,5-10,24H2,1H3. The van der Waals surface area contributed by atoms with Gasteiger partial charge in [0, 0.05) is 30.1 Å². The summed E-state index contributed by atoms with van der Waals surface area (Å²) in [5, 5.41) is 15.4. The van der Waals surface area contributed by atoms with Gasteiger partial charge in [-0.3, -0.25) is 0 Å². The summed E-state index contributed by atoms with van der Waals surface area (Å²) in [6.07, 6.45) is 3.38. The van der Waals surface area contributed by atoms with E-state index in [1.165, 1.54) is 6.33 Å². The first kappa shape index (κ1) is 20.9. The van der Waals surface area contributed by atoms with Crippen LogP contribution in [0.15, 0.2) is 24.5 Å². The molecule has 2 aliphatic heterocycles. The lowest BCUT2D eigenvalue weighted by Crippen LogP contribution is -2.51. The number of aromatic nitrogens is 4. The fourth-order valence-electron chi connectivity index (χ4n) is 4.83. The molecule has 2 aromatic heterocycles. The largest absolute Gasteiger partial charge is 0.390 e. The van der Waals surface area contributed by atoms with Crippen molar-refractivity contribution in [1.29, 1.82) is 0 Å². The van der Waals surface area contributed by atoms with Crippen molar-refractivity contribution in [2.45, 2.75) is 38.5 Å². The van der Waals surface area contributed by atoms with Gasteiger partial charge in [0.05, 0.1) is 40.6 Å². The van der Waals surface area contributed by atoms with Crippen molar-refractivity contribution in [2.75, 3.05) is 24.6 Å². The van der Waals surface area contributed by atoms with Crippen molar-refractivity contribution in [3.63, 3.8) is 0 Å². The zero-order valence-corrected chi connectivity index (χ0v) is 18.6. The van der Waals surface area contributed by atoms with Gasteiger partial charge in [0.2, 0.25) is 5.95 Å². The van der Waals surface area contributed by atoms with Crippen molar-refractivity contribution in [3.8, 4) is 11.1 Å². The molecule has 8 nitrogen and oxygen atoms in total. The molecule has 0 aliphatic carbocycles. The van der Waals surface area contributed by atoms with Gasteiger partial charge in [-0.15, -0.1) is 0 Å². The number of anilines is 1. The van der Waals surface area contributed by atoms with Crippen LogP contribution in [0.1, 0.15) is 25.5 Å². The fourth-order valence-corrected chi connectivity index (χ4v) is 5.22. The van der Waals surface area contributed by atoms with E-state index in [9.17, 15) is 5.11 Å². The normalized spacial score (nSPS) is 23.2. The molecular formula is C21H24Cl2N6O2. The third-order valence-electron chi connectivity index (χ3n) is 6.74. The number of aliphatic hydroxyl groups is 1. The predicted molar refractivity (Wildman–Crippen MR) is 119 cm³/mol. The highest BCUT2D eigenvalue weighted by Gasteiger charge is 2.47. The van der Waals surface area contributed by atoms with Crippen LogP contribution in [0.5, 0.6) is 0 Å². The Morgan fingerprint density at radius 2 is 2.06 bits per heavy atom. The Balaban J connectivity index is 1.55.